The van der Waals surface area contributed by atoms with Crippen molar-refractivity contribution in [2.24, 2.45) is 0 Å². The summed E-state index contributed by atoms with van der Waals surface area (Å²) in [6.45, 7) is 5.09. The minimum absolute atomic E-state index is 0.0374. The maximum Gasteiger partial charge on any atom is 0.338 e. The Balaban J connectivity index is 1.87. The van der Waals surface area contributed by atoms with Gasteiger partial charge in [-0.05, 0) is 57.2 Å². The van der Waals surface area contributed by atoms with Crippen LogP contribution in [0, 0.1) is 17.0 Å². The third kappa shape index (κ3) is 5.48. The molecular formula is C22H23N5O5. The van der Waals surface area contributed by atoms with Crippen molar-refractivity contribution >= 4 is 34.8 Å². The molecule has 0 aliphatic carbocycles. The lowest BCUT2D eigenvalue weighted by Gasteiger charge is -2.12. The van der Waals surface area contributed by atoms with Crippen LogP contribution in [0.5, 0.6) is 5.75 Å². The molecule has 10 nitrogen and oxygen atoms in total. The third-order valence-corrected chi connectivity index (χ3v) is 4.29. The van der Waals surface area contributed by atoms with E-state index in [0.717, 1.165) is 0 Å². The van der Waals surface area contributed by atoms with Crippen LogP contribution in [0.25, 0.3) is 0 Å². The summed E-state index contributed by atoms with van der Waals surface area (Å²) < 4.78 is 10.4. The van der Waals surface area contributed by atoms with Crippen LogP contribution in [-0.2, 0) is 4.74 Å². The van der Waals surface area contributed by atoms with E-state index >= 15 is 0 Å². The molecule has 0 radical (unpaired) electrons. The molecule has 0 aliphatic rings. The third-order valence-electron chi connectivity index (χ3n) is 4.29. The van der Waals surface area contributed by atoms with Gasteiger partial charge < -0.3 is 20.1 Å². The predicted molar refractivity (Wildman–Crippen MR) is 120 cm³/mol. The van der Waals surface area contributed by atoms with Gasteiger partial charge in [0.15, 0.2) is 0 Å². The second kappa shape index (κ2) is 9.73. The Morgan fingerprint density at radius 3 is 2.41 bits per heavy atom. The van der Waals surface area contributed by atoms with Gasteiger partial charge in [0.05, 0.1) is 23.7 Å². The number of nitrogens with zero attached hydrogens (tertiary/aromatic N) is 3. The highest BCUT2D eigenvalue weighted by atomic mass is 16.6. The van der Waals surface area contributed by atoms with Crippen LogP contribution in [0.4, 0.5) is 28.8 Å². The Kier molecular flexibility index (Phi) is 6.83. The average Bonchev–Trinajstić information content (AvgIpc) is 2.73. The number of esters is 1. The Bertz CT molecular complexity index is 1130. The Morgan fingerprint density at radius 2 is 1.78 bits per heavy atom. The minimum atomic E-state index is -0.531. The lowest BCUT2D eigenvalue weighted by molar-refractivity contribution is -0.385. The largest absolute Gasteiger partial charge is 0.497 e. The monoisotopic (exact) mass is 437 g/mol. The first-order valence-electron chi connectivity index (χ1n) is 9.79. The number of rotatable bonds is 8. The Morgan fingerprint density at radius 1 is 1.06 bits per heavy atom. The van der Waals surface area contributed by atoms with Crippen molar-refractivity contribution in [3.63, 3.8) is 0 Å². The molecular weight excluding hydrogens is 414 g/mol. The quantitative estimate of drug-likeness (QED) is 0.291. The van der Waals surface area contributed by atoms with E-state index in [1.165, 1.54) is 14.0 Å². The summed E-state index contributed by atoms with van der Waals surface area (Å²) in [5, 5.41) is 17.6. The van der Waals surface area contributed by atoms with E-state index in [4.69, 9.17) is 9.47 Å². The normalized spacial score (nSPS) is 10.5. The number of aromatic nitrogens is 2. The lowest BCUT2D eigenvalue weighted by atomic mass is 10.2. The average molecular weight is 437 g/mol. The fourth-order valence-electron chi connectivity index (χ4n) is 2.87. The molecule has 0 saturated carbocycles. The maximum atomic E-state index is 12.0. The fraction of sp³-hybridized carbons (Fsp3) is 0.227. The SMILES string of the molecule is COc1cccc(Nc2nc(Nc3ccc(C(=O)OC(C)C)cc3)nc(C)c2[N+](=O)[O-])c1. The smallest absolute Gasteiger partial charge is 0.338 e. The van der Waals surface area contributed by atoms with Gasteiger partial charge in [-0.3, -0.25) is 10.1 Å². The van der Waals surface area contributed by atoms with Crippen molar-refractivity contribution in [3.8, 4) is 5.75 Å². The first-order chi connectivity index (χ1) is 15.3. The molecule has 0 spiro atoms. The topological polar surface area (TPSA) is 129 Å². The number of ether oxygens (including phenoxy) is 2. The van der Waals surface area contributed by atoms with Gasteiger partial charge >= 0.3 is 11.7 Å². The summed E-state index contributed by atoms with van der Waals surface area (Å²) in [5.74, 6) is 0.378. The predicted octanol–water partition coefficient (Wildman–Crippen LogP) is 4.75. The van der Waals surface area contributed by atoms with Crippen LogP contribution in [0.15, 0.2) is 48.5 Å². The molecule has 0 saturated heterocycles. The van der Waals surface area contributed by atoms with Crippen molar-refractivity contribution in [1.29, 1.82) is 0 Å². The van der Waals surface area contributed by atoms with E-state index in [1.54, 1.807) is 62.4 Å². The number of aryl methyl sites for hydroxylation is 1. The molecule has 166 valence electrons. The van der Waals surface area contributed by atoms with E-state index in [-0.39, 0.29) is 29.3 Å². The van der Waals surface area contributed by atoms with Crippen LogP contribution in [0.3, 0.4) is 0 Å². The molecule has 0 unspecified atom stereocenters. The van der Waals surface area contributed by atoms with Crippen LogP contribution >= 0.6 is 0 Å². The molecule has 0 fully saturated rings. The minimum Gasteiger partial charge on any atom is -0.497 e. The van der Waals surface area contributed by atoms with Crippen molar-refractivity contribution < 1.29 is 19.2 Å². The Labute approximate surface area is 184 Å². The van der Waals surface area contributed by atoms with Crippen molar-refractivity contribution in [3.05, 3.63) is 69.9 Å². The molecule has 0 amide bonds. The molecule has 32 heavy (non-hydrogen) atoms. The van der Waals surface area contributed by atoms with E-state index in [9.17, 15) is 14.9 Å². The lowest BCUT2D eigenvalue weighted by Crippen LogP contribution is -2.11. The number of nitrogens with one attached hydrogen (secondary N) is 2. The molecule has 3 rings (SSSR count). The van der Waals surface area contributed by atoms with Crippen molar-refractivity contribution in [2.75, 3.05) is 17.7 Å². The zero-order valence-corrected chi connectivity index (χ0v) is 18.1. The summed E-state index contributed by atoms with van der Waals surface area (Å²) >= 11 is 0. The Hall–Kier alpha value is -4.21. The molecule has 3 aromatic rings. The van der Waals surface area contributed by atoms with Gasteiger partial charge in [-0.15, -0.1) is 0 Å². The van der Waals surface area contributed by atoms with Crippen LogP contribution < -0.4 is 15.4 Å². The zero-order valence-electron chi connectivity index (χ0n) is 18.1. The fourth-order valence-corrected chi connectivity index (χ4v) is 2.87. The van der Waals surface area contributed by atoms with Gasteiger partial charge in [-0.2, -0.15) is 4.98 Å². The van der Waals surface area contributed by atoms with Gasteiger partial charge in [0, 0.05) is 17.4 Å². The first-order valence-corrected chi connectivity index (χ1v) is 9.79. The molecule has 0 atom stereocenters. The second-order valence-electron chi connectivity index (χ2n) is 7.10. The standard InChI is InChI=1S/C22H23N5O5/c1-13(2)32-21(28)15-8-10-16(11-9-15)25-22-23-14(3)19(27(29)30)20(26-22)24-17-6-5-7-18(12-17)31-4/h5-13H,1-4H3,(H2,23,24,25,26). The highest BCUT2D eigenvalue weighted by molar-refractivity contribution is 5.90. The highest BCUT2D eigenvalue weighted by Gasteiger charge is 2.22. The maximum absolute atomic E-state index is 12.0. The zero-order chi connectivity index (χ0) is 23.3. The number of hydrogen-bond donors (Lipinski definition) is 2. The van der Waals surface area contributed by atoms with E-state index in [0.29, 0.717) is 22.7 Å². The number of carbonyl (C=O) groups excluding carboxylic acids is 1. The summed E-state index contributed by atoms with van der Waals surface area (Å²) in [5.41, 5.74) is 1.54. The molecule has 1 heterocycles. The summed E-state index contributed by atoms with van der Waals surface area (Å²) in [4.78, 5) is 31.5. The van der Waals surface area contributed by atoms with E-state index in [2.05, 4.69) is 20.6 Å². The van der Waals surface area contributed by atoms with Gasteiger partial charge in [-0.1, -0.05) is 6.07 Å². The van der Waals surface area contributed by atoms with Crippen molar-refractivity contribution in [2.45, 2.75) is 26.9 Å². The van der Waals surface area contributed by atoms with Gasteiger partial charge in [0.25, 0.3) is 0 Å². The molecule has 0 aliphatic heterocycles. The number of carbonyl (C=O) groups is 1. The van der Waals surface area contributed by atoms with Gasteiger partial charge in [0.2, 0.25) is 11.8 Å². The molecule has 1 aromatic heterocycles. The number of benzene rings is 2. The summed E-state index contributed by atoms with van der Waals surface area (Å²) in [6, 6.07) is 13.5. The van der Waals surface area contributed by atoms with E-state index in [1.807, 2.05) is 0 Å². The summed E-state index contributed by atoms with van der Waals surface area (Å²) in [7, 11) is 1.53. The second-order valence-corrected chi connectivity index (χ2v) is 7.10. The highest BCUT2D eigenvalue weighted by Crippen LogP contribution is 2.31. The van der Waals surface area contributed by atoms with Crippen molar-refractivity contribution in [1.82, 2.24) is 9.97 Å². The molecule has 10 heteroatoms. The van der Waals surface area contributed by atoms with Crippen LogP contribution in [0.1, 0.15) is 29.9 Å². The van der Waals surface area contributed by atoms with Crippen LogP contribution in [-0.4, -0.2) is 34.1 Å². The number of anilines is 4. The number of methoxy groups -OCH3 is 1. The summed E-state index contributed by atoms with van der Waals surface area (Å²) in [6.07, 6.45) is -0.215. The number of hydrogen-bond acceptors (Lipinski definition) is 9. The van der Waals surface area contributed by atoms with E-state index < -0.39 is 10.9 Å². The number of nitro groups is 1. The molecule has 2 N–H and O–H groups in total. The first kappa shape index (κ1) is 22.5. The van der Waals surface area contributed by atoms with Gasteiger partial charge in [-0.25, -0.2) is 9.78 Å². The molecule has 2 aromatic carbocycles. The molecule has 0 bridgehead atoms. The van der Waals surface area contributed by atoms with Gasteiger partial charge in [0.1, 0.15) is 11.4 Å². The van der Waals surface area contributed by atoms with Crippen LogP contribution in [0.2, 0.25) is 0 Å².